The quantitative estimate of drug-likeness (QED) is 0.317. The maximum atomic E-state index is 13.6. The Bertz CT molecular complexity index is 1210. The minimum absolute atomic E-state index is 0.0623. The molecule has 1 saturated heterocycles. The number of pyridine rings is 1. The Morgan fingerprint density at radius 2 is 1.81 bits per heavy atom. The topological polar surface area (TPSA) is 79.7 Å². The van der Waals surface area contributed by atoms with Crippen LogP contribution in [-0.2, 0) is 16.1 Å². The Balaban J connectivity index is 1.86. The van der Waals surface area contributed by atoms with Gasteiger partial charge in [-0.3, -0.25) is 14.6 Å². The van der Waals surface area contributed by atoms with Crippen molar-refractivity contribution < 1.29 is 23.8 Å². The molecule has 1 unspecified atom stereocenters. The monoisotopic (exact) mass is 496 g/mol. The molecule has 2 aromatic carbocycles. The Hall–Kier alpha value is -3.52. The Morgan fingerprint density at radius 1 is 1.12 bits per heavy atom. The zero-order valence-corrected chi connectivity index (χ0v) is 18.5. The standard InChI is InChI=1S/C24H18BrFN2O4/c1-32-19-7-4-16(12-18(19)25)22(29)20-21(15-2-5-17(26)6-3-15)28(24(31)23(20)30)13-14-8-10-27-11-9-14/h2-12,21,29H,13H2,1H3/b22-20-. The number of carbonyl (C=O) groups is 2. The highest BCUT2D eigenvalue weighted by Crippen LogP contribution is 2.41. The van der Waals surface area contributed by atoms with E-state index in [-0.39, 0.29) is 17.9 Å². The van der Waals surface area contributed by atoms with E-state index in [4.69, 9.17) is 4.74 Å². The summed E-state index contributed by atoms with van der Waals surface area (Å²) in [5.74, 6) is -1.77. The zero-order valence-electron chi connectivity index (χ0n) is 17.0. The molecule has 1 aliphatic heterocycles. The van der Waals surface area contributed by atoms with Crippen molar-refractivity contribution >= 4 is 33.4 Å². The van der Waals surface area contributed by atoms with Gasteiger partial charge in [0.25, 0.3) is 11.7 Å². The fourth-order valence-electron chi connectivity index (χ4n) is 3.69. The lowest BCUT2D eigenvalue weighted by atomic mass is 9.95. The van der Waals surface area contributed by atoms with Crippen molar-refractivity contribution in [2.75, 3.05) is 7.11 Å². The van der Waals surface area contributed by atoms with Gasteiger partial charge < -0.3 is 14.7 Å². The van der Waals surface area contributed by atoms with Crippen LogP contribution in [-0.4, -0.2) is 33.8 Å². The van der Waals surface area contributed by atoms with Gasteiger partial charge in [-0.25, -0.2) is 4.39 Å². The largest absolute Gasteiger partial charge is 0.507 e. The van der Waals surface area contributed by atoms with Crippen LogP contribution in [0.2, 0.25) is 0 Å². The van der Waals surface area contributed by atoms with Gasteiger partial charge in [-0.05, 0) is 69.5 Å². The van der Waals surface area contributed by atoms with Gasteiger partial charge >= 0.3 is 0 Å². The summed E-state index contributed by atoms with van der Waals surface area (Å²) < 4.78 is 19.4. The van der Waals surface area contributed by atoms with Gasteiger partial charge in [0.15, 0.2) is 0 Å². The normalized spacial score (nSPS) is 17.6. The summed E-state index contributed by atoms with van der Waals surface area (Å²) in [7, 11) is 1.51. The van der Waals surface area contributed by atoms with Crippen LogP contribution in [0.15, 0.2) is 77.0 Å². The number of benzene rings is 2. The van der Waals surface area contributed by atoms with E-state index in [0.29, 0.717) is 21.3 Å². The van der Waals surface area contributed by atoms with E-state index in [0.717, 1.165) is 5.56 Å². The lowest BCUT2D eigenvalue weighted by Gasteiger charge is -2.25. The van der Waals surface area contributed by atoms with Crippen LogP contribution in [0.25, 0.3) is 5.76 Å². The van der Waals surface area contributed by atoms with Gasteiger partial charge in [-0.2, -0.15) is 0 Å². The van der Waals surface area contributed by atoms with Crippen molar-refractivity contribution in [3.05, 3.63) is 99.5 Å². The first-order valence-electron chi connectivity index (χ1n) is 9.67. The number of rotatable bonds is 5. The molecule has 6 nitrogen and oxygen atoms in total. The Labute approximate surface area is 192 Å². The molecule has 0 radical (unpaired) electrons. The Morgan fingerprint density at radius 3 is 2.44 bits per heavy atom. The van der Waals surface area contributed by atoms with Gasteiger partial charge in [0, 0.05) is 24.5 Å². The average Bonchev–Trinajstić information content (AvgIpc) is 3.04. The van der Waals surface area contributed by atoms with Crippen LogP contribution in [0.5, 0.6) is 5.75 Å². The first-order valence-corrected chi connectivity index (χ1v) is 10.5. The highest BCUT2D eigenvalue weighted by atomic mass is 79.9. The van der Waals surface area contributed by atoms with Crippen molar-refractivity contribution in [1.29, 1.82) is 0 Å². The van der Waals surface area contributed by atoms with Crippen LogP contribution >= 0.6 is 15.9 Å². The summed E-state index contributed by atoms with van der Waals surface area (Å²) in [5.41, 5.74) is 1.55. The smallest absolute Gasteiger partial charge is 0.295 e. The van der Waals surface area contributed by atoms with Crippen molar-refractivity contribution in [2.24, 2.45) is 0 Å². The van der Waals surface area contributed by atoms with Gasteiger partial charge in [-0.15, -0.1) is 0 Å². The predicted molar refractivity (Wildman–Crippen MR) is 119 cm³/mol. The minimum atomic E-state index is -0.885. The number of carbonyl (C=O) groups excluding carboxylic acids is 2. The van der Waals surface area contributed by atoms with Crippen molar-refractivity contribution in [3.63, 3.8) is 0 Å². The van der Waals surface area contributed by atoms with Crippen molar-refractivity contribution in [3.8, 4) is 5.75 Å². The maximum absolute atomic E-state index is 13.6. The van der Waals surface area contributed by atoms with E-state index >= 15 is 0 Å². The number of hydrogen-bond acceptors (Lipinski definition) is 5. The third-order valence-electron chi connectivity index (χ3n) is 5.25. The van der Waals surface area contributed by atoms with Crippen molar-refractivity contribution in [2.45, 2.75) is 12.6 Å². The van der Waals surface area contributed by atoms with Crippen LogP contribution in [0.3, 0.4) is 0 Å². The number of aromatic nitrogens is 1. The fourth-order valence-corrected chi connectivity index (χ4v) is 4.23. The van der Waals surface area contributed by atoms with Gasteiger partial charge in [0.05, 0.1) is 23.2 Å². The second-order valence-electron chi connectivity index (χ2n) is 7.18. The molecule has 4 rings (SSSR count). The molecule has 0 saturated carbocycles. The van der Waals surface area contributed by atoms with Crippen LogP contribution in [0.4, 0.5) is 4.39 Å². The van der Waals surface area contributed by atoms with Crippen LogP contribution < -0.4 is 4.74 Å². The number of ether oxygens (including phenoxy) is 1. The first-order chi connectivity index (χ1) is 15.4. The average molecular weight is 497 g/mol. The summed E-state index contributed by atoms with van der Waals surface area (Å²) in [6.07, 6.45) is 3.18. The maximum Gasteiger partial charge on any atom is 0.295 e. The highest BCUT2D eigenvalue weighted by Gasteiger charge is 2.46. The summed E-state index contributed by atoms with van der Waals surface area (Å²) >= 11 is 3.37. The second kappa shape index (κ2) is 8.92. The lowest BCUT2D eigenvalue weighted by Crippen LogP contribution is -2.29. The molecule has 1 atom stereocenters. The first kappa shape index (κ1) is 21.7. The summed E-state index contributed by atoms with van der Waals surface area (Å²) in [6.45, 7) is 0.123. The van der Waals surface area contributed by atoms with Crippen LogP contribution in [0.1, 0.15) is 22.7 Å². The van der Waals surface area contributed by atoms with E-state index in [9.17, 15) is 19.1 Å². The molecule has 162 valence electrons. The number of hydrogen-bond donors (Lipinski definition) is 1. The molecule has 0 bridgehead atoms. The molecule has 3 aromatic rings. The van der Waals surface area contributed by atoms with Crippen LogP contribution in [0, 0.1) is 5.82 Å². The molecule has 1 amide bonds. The molecule has 1 aromatic heterocycles. The lowest BCUT2D eigenvalue weighted by molar-refractivity contribution is -0.140. The van der Waals surface area contributed by atoms with E-state index in [1.807, 2.05) is 0 Å². The Kier molecular flexibility index (Phi) is 6.05. The fraction of sp³-hybridized carbons (Fsp3) is 0.125. The molecule has 0 aliphatic carbocycles. The van der Waals surface area contributed by atoms with E-state index in [2.05, 4.69) is 20.9 Å². The third kappa shape index (κ3) is 4.01. The zero-order chi connectivity index (χ0) is 22.8. The molecular formula is C24H18BrFN2O4. The number of ketones is 1. The number of likely N-dealkylation sites (tertiary alicyclic amines) is 1. The molecule has 0 spiro atoms. The molecule has 1 aliphatic rings. The second-order valence-corrected chi connectivity index (χ2v) is 8.04. The van der Waals surface area contributed by atoms with E-state index in [1.165, 1.54) is 36.3 Å². The number of methoxy groups -OCH3 is 1. The summed E-state index contributed by atoms with van der Waals surface area (Å²) in [4.78, 5) is 31.4. The molecule has 1 fully saturated rings. The number of Topliss-reactive ketones (excluding diaryl/α,β-unsaturated/α-hetero) is 1. The molecule has 1 N–H and O–H groups in total. The van der Waals surface area contributed by atoms with E-state index < -0.39 is 23.5 Å². The van der Waals surface area contributed by atoms with Gasteiger partial charge in [0.2, 0.25) is 0 Å². The molecular weight excluding hydrogens is 479 g/mol. The van der Waals surface area contributed by atoms with E-state index in [1.54, 1.807) is 42.7 Å². The number of halogens is 2. The third-order valence-corrected chi connectivity index (χ3v) is 5.87. The minimum Gasteiger partial charge on any atom is -0.507 e. The number of amides is 1. The molecule has 32 heavy (non-hydrogen) atoms. The predicted octanol–water partition coefficient (Wildman–Crippen LogP) is 4.61. The summed E-state index contributed by atoms with van der Waals surface area (Å²) in [5, 5.41) is 11.1. The van der Waals surface area contributed by atoms with Gasteiger partial charge in [0.1, 0.15) is 17.3 Å². The summed E-state index contributed by atoms with van der Waals surface area (Å²) in [6, 6.07) is 12.9. The van der Waals surface area contributed by atoms with Gasteiger partial charge in [-0.1, -0.05) is 12.1 Å². The van der Waals surface area contributed by atoms with Crippen molar-refractivity contribution in [1.82, 2.24) is 9.88 Å². The molecule has 2 heterocycles. The number of nitrogens with zero attached hydrogens (tertiary/aromatic N) is 2. The number of aliphatic hydroxyl groups is 1. The number of aliphatic hydroxyl groups excluding tert-OH is 1. The SMILES string of the molecule is COc1ccc(/C(O)=C2/C(=O)C(=O)N(Cc3ccncc3)C2c2ccc(F)cc2)cc1Br. The molecule has 8 heteroatoms. The highest BCUT2D eigenvalue weighted by molar-refractivity contribution is 9.10.